The lowest BCUT2D eigenvalue weighted by Gasteiger charge is -2.02. The second-order valence-electron chi connectivity index (χ2n) is 3.04. The lowest BCUT2D eigenvalue weighted by atomic mass is 10.4. The van der Waals surface area contributed by atoms with Crippen molar-refractivity contribution in [2.45, 2.75) is 0 Å². The molecule has 0 N–H and O–H groups in total. The Kier molecular flexibility index (Phi) is 2.47. The summed E-state index contributed by atoms with van der Waals surface area (Å²) in [6, 6.07) is 7.43. The summed E-state index contributed by atoms with van der Waals surface area (Å²) in [5.74, 6) is 0.358. The summed E-state index contributed by atoms with van der Waals surface area (Å²) in [4.78, 5) is 25.2. The van der Waals surface area contributed by atoms with Gasteiger partial charge in [-0.2, -0.15) is 0 Å². The Hall–Kier alpha value is -2.50. The van der Waals surface area contributed by atoms with Crippen molar-refractivity contribution in [3.05, 3.63) is 63.2 Å². The molecule has 0 aliphatic rings. The SMILES string of the molecule is O=c1ccccn1-c1ccc([N+](=O)[O-])cn1. The van der Waals surface area contributed by atoms with Gasteiger partial charge in [0.05, 0.1) is 4.92 Å². The summed E-state index contributed by atoms with van der Waals surface area (Å²) >= 11 is 0. The van der Waals surface area contributed by atoms with Gasteiger partial charge in [0, 0.05) is 18.3 Å². The molecule has 0 saturated heterocycles. The van der Waals surface area contributed by atoms with E-state index in [0.717, 1.165) is 6.20 Å². The van der Waals surface area contributed by atoms with Crippen LogP contribution in [0.3, 0.4) is 0 Å². The lowest BCUT2D eigenvalue weighted by molar-refractivity contribution is -0.385. The van der Waals surface area contributed by atoms with Crippen LogP contribution in [0.25, 0.3) is 5.82 Å². The molecule has 0 amide bonds. The fourth-order valence-corrected chi connectivity index (χ4v) is 1.25. The highest BCUT2D eigenvalue weighted by Gasteiger charge is 2.06. The molecule has 0 aliphatic heterocycles. The first kappa shape index (κ1) is 10.0. The predicted octanol–water partition coefficient (Wildman–Crippen LogP) is 1.14. The number of nitrogens with zero attached hydrogens (tertiary/aromatic N) is 3. The van der Waals surface area contributed by atoms with E-state index in [1.807, 2.05) is 0 Å². The van der Waals surface area contributed by atoms with Gasteiger partial charge in [-0.15, -0.1) is 0 Å². The summed E-state index contributed by atoms with van der Waals surface area (Å²) < 4.78 is 1.31. The highest BCUT2D eigenvalue weighted by molar-refractivity contribution is 5.33. The molecular formula is C10H7N3O3. The van der Waals surface area contributed by atoms with Crippen LogP contribution in [-0.2, 0) is 0 Å². The first-order valence-electron chi connectivity index (χ1n) is 4.47. The highest BCUT2D eigenvalue weighted by atomic mass is 16.6. The van der Waals surface area contributed by atoms with Crippen LogP contribution in [0, 0.1) is 10.1 Å². The zero-order chi connectivity index (χ0) is 11.5. The fraction of sp³-hybridized carbons (Fsp3) is 0. The number of nitro groups is 1. The highest BCUT2D eigenvalue weighted by Crippen LogP contribution is 2.10. The van der Waals surface area contributed by atoms with Gasteiger partial charge in [-0.25, -0.2) is 4.98 Å². The minimum atomic E-state index is -0.537. The lowest BCUT2D eigenvalue weighted by Crippen LogP contribution is -2.16. The zero-order valence-corrected chi connectivity index (χ0v) is 8.11. The number of hydrogen-bond donors (Lipinski definition) is 0. The van der Waals surface area contributed by atoms with Crippen LogP contribution in [0.2, 0.25) is 0 Å². The summed E-state index contributed by atoms with van der Waals surface area (Å²) in [5.41, 5.74) is -0.336. The first-order valence-corrected chi connectivity index (χ1v) is 4.47. The third-order valence-electron chi connectivity index (χ3n) is 2.01. The molecule has 2 aromatic heterocycles. The van der Waals surface area contributed by atoms with E-state index in [9.17, 15) is 14.9 Å². The Bertz CT molecular complexity index is 574. The van der Waals surface area contributed by atoms with E-state index in [1.165, 1.54) is 22.8 Å². The van der Waals surface area contributed by atoms with Gasteiger partial charge < -0.3 is 0 Å². The van der Waals surface area contributed by atoms with Crippen molar-refractivity contribution in [1.82, 2.24) is 9.55 Å². The molecule has 2 rings (SSSR count). The van der Waals surface area contributed by atoms with Gasteiger partial charge in [0.2, 0.25) is 0 Å². The van der Waals surface area contributed by atoms with Crippen molar-refractivity contribution in [3.8, 4) is 5.82 Å². The third-order valence-corrected chi connectivity index (χ3v) is 2.01. The van der Waals surface area contributed by atoms with Crippen molar-refractivity contribution in [2.24, 2.45) is 0 Å². The average molecular weight is 217 g/mol. The van der Waals surface area contributed by atoms with Gasteiger partial charge in [-0.1, -0.05) is 6.07 Å². The van der Waals surface area contributed by atoms with Crippen molar-refractivity contribution in [3.63, 3.8) is 0 Å². The van der Waals surface area contributed by atoms with Crippen LogP contribution in [0.15, 0.2) is 47.5 Å². The molecule has 0 atom stereocenters. The Morgan fingerprint density at radius 2 is 2.06 bits per heavy atom. The smallest absolute Gasteiger partial charge is 0.269 e. The molecule has 80 valence electrons. The predicted molar refractivity (Wildman–Crippen MR) is 56.5 cm³/mol. The van der Waals surface area contributed by atoms with E-state index in [4.69, 9.17) is 0 Å². The quantitative estimate of drug-likeness (QED) is 0.558. The van der Waals surface area contributed by atoms with Gasteiger partial charge >= 0.3 is 0 Å². The van der Waals surface area contributed by atoms with Crippen LogP contribution >= 0.6 is 0 Å². The standard InChI is InChI=1S/C10H7N3O3/c14-10-3-1-2-6-12(10)9-5-4-8(7-11-9)13(15)16/h1-7H. The molecule has 16 heavy (non-hydrogen) atoms. The molecule has 0 bridgehead atoms. The van der Waals surface area contributed by atoms with E-state index in [0.29, 0.717) is 5.82 Å². The van der Waals surface area contributed by atoms with E-state index in [-0.39, 0.29) is 11.2 Å². The minimum absolute atomic E-state index is 0.104. The van der Waals surface area contributed by atoms with Crippen LogP contribution < -0.4 is 5.56 Å². The molecule has 0 unspecified atom stereocenters. The molecule has 0 saturated carbocycles. The maximum atomic E-state index is 11.4. The van der Waals surface area contributed by atoms with E-state index in [2.05, 4.69) is 4.98 Å². The summed E-state index contributed by atoms with van der Waals surface area (Å²) in [6.45, 7) is 0. The van der Waals surface area contributed by atoms with Crippen LogP contribution in [0.5, 0.6) is 0 Å². The Labute approximate surface area is 90.0 Å². The maximum absolute atomic E-state index is 11.4. The van der Waals surface area contributed by atoms with Gasteiger partial charge in [0.15, 0.2) is 0 Å². The second kappa shape index (κ2) is 3.93. The molecule has 0 fully saturated rings. The molecule has 6 heteroatoms. The fourth-order valence-electron chi connectivity index (χ4n) is 1.25. The Morgan fingerprint density at radius 3 is 2.62 bits per heavy atom. The van der Waals surface area contributed by atoms with Crippen molar-refractivity contribution < 1.29 is 4.92 Å². The summed E-state index contributed by atoms with van der Waals surface area (Å²) in [6.07, 6.45) is 2.67. The molecular weight excluding hydrogens is 210 g/mol. The molecule has 2 heterocycles. The van der Waals surface area contributed by atoms with Gasteiger partial charge in [-0.05, 0) is 12.1 Å². The van der Waals surface area contributed by atoms with Crippen molar-refractivity contribution in [1.29, 1.82) is 0 Å². The van der Waals surface area contributed by atoms with Crippen molar-refractivity contribution >= 4 is 5.69 Å². The minimum Gasteiger partial charge on any atom is -0.269 e. The molecule has 2 aromatic rings. The van der Waals surface area contributed by atoms with Gasteiger partial charge in [-0.3, -0.25) is 19.5 Å². The topological polar surface area (TPSA) is 78.0 Å². The normalized spacial score (nSPS) is 10.0. The molecule has 0 radical (unpaired) electrons. The van der Waals surface area contributed by atoms with Gasteiger partial charge in [0.25, 0.3) is 11.2 Å². The van der Waals surface area contributed by atoms with E-state index >= 15 is 0 Å². The maximum Gasteiger partial charge on any atom is 0.287 e. The number of hydrogen-bond acceptors (Lipinski definition) is 4. The number of rotatable bonds is 2. The monoisotopic (exact) mass is 217 g/mol. The second-order valence-corrected chi connectivity index (χ2v) is 3.04. The first-order chi connectivity index (χ1) is 7.68. The van der Waals surface area contributed by atoms with Crippen LogP contribution in [-0.4, -0.2) is 14.5 Å². The number of aromatic nitrogens is 2. The Morgan fingerprint density at radius 1 is 1.25 bits per heavy atom. The molecule has 6 nitrogen and oxygen atoms in total. The summed E-state index contributed by atoms with van der Waals surface area (Å²) in [7, 11) is 0. The third kappa shape index (κ3) is 1.81. The van der Waals surface area contributed by atoms with E-state index < -0.39 is 4.92 Å². The van der Waals surface area contributed by atoms with Gasteiger partial charge in [0.1, 0.15) is 12.0 Å². The summed E-state index contributed by atoms with van der Waals surface area (Å²) in [5, 5.41) is 10.4. The van der Waals surface area contributed by atoms with Crippen molar-refractivity contribution in [2.75, 3.05) is 0 Å². The number of pyridine rings is 2. The molecule has 0 aromatic carbocycles. The largest absolute Gasteiger partial charge is 0.287 e. The molecule has 0 aliphatic carbocycles. The van der Waals surface area contributed by atoms with E-state index in [1.54, 1.807) is 18.3 Å². The van der Waals surface area contributed by atoms with Crippen LogP contribution in [0.1, 0.15) is 0 Å². The Balaban J connectivity index is 2.47. The van der Waals surface area contributed by atoms with Crippen LogP contribution in [0.4, 0.5) is 5.69 Å². The average Bonchev–Trinajstić information content (AvgIpc) is 2.30. The molecule has 0 spiro atoms. The zero-order valence-electron chi connectivity index (χ0n) is 8.11.